The van der Waals surface area contributed by atoms with Crippen LogP contribution in [0.15, 0.2) is 4.99 Å². The second-order valence-electron chi connectivity index (χ2n) is 8.95. The van der Waals surface area contributed by atoms with Crippen LogP contribution < -0.4 is 5.32 Å². The number of carbonyl (C=O) groups excluding carboxylic acids is 1. The average Bonchev–Trinajstić information content (AvgIpc) is 2.82. The summed E-state index contributed by atoms with van der Waals surface area (Å²) in [5, 5.41) is 3.46. The Morgan fingerprint density at radius 1 is 0.839 bits per heavy atom. The van der Waals surface area contributed by atoms with Crippen LogP contribution in [0, 0.1) is 0 Å². The van der Waals surface area contributed by atoms with Gasteiger partial charge in [-0.2, -0.15) is 0 Å². The number of likely N-dealkylation sites (tertiary alicyclic amines) is 1. The summed E-state index contributed by atoms with van der Waals surface area (Å²) in [6.07, 6.45) is 7.89. The number of nitrogens with zero attached hydrogens (tertiary/aromatic N) is 5. The van der Waals surface area contributed by atoms with E-state index < -0.39 is 0 Å². The van der Waals surface area contributed by atoms with Crippen LogP contribution in [-0.2, 0) is 9.53 Å². The normalized spacial score (nSPS) is 22.0. The van der Waals surface area contributed by atoms with Crippen LogP contribution in [-0.4, -0.2) is 123 Å². The van der Waals surface area contributed by atoms with Crippen molar-refractivity contribution in [2.75, 3.05) is 91.8 Å². The topological polar surface area (TPSA) is 63.7 Å². The van der Waals surface area contributed by atoms with Crippen LogP contribution in [0.25, 0.3) is 0 Å². The number of piperazine rings is 1. The first kappa shape index (κ1) is 24.3. The maximum absolute atomic E-state index is 12.5. The minimum atomic E-state index is 0.238. The highest BCUT2D eigenvalue weighted by molar-refractivity contribution is 5.80. The SMILES string of the molecule is CCNC(=NCCCCCN1CCCCC1)N1CCN(CC(=O)N2CCOCC2)CC1. The van der Waals surface area contributed by atoms with Crippen molar-refractivity contribution in [1.82, 2.24) is 24.9 Å². The smallest absolute Gasteiger partial charge is 0.236 e. The number of hydrogen-bond donors (Lipinski definition) is 1. The molecule has 0 unspecified atom stereocenters. The molecule has 3 rings (SSSR count). The third-order valence-corrected chi connectivity index (χ3v) is 6.57. The lowest BCUT2D eigenvalue weighted by Crippen LogP contribution is -2.54. The molecule has 0 radical (unpaired) electrons. The van der Waals surface area contributed by atoms with Crippen molar-refractivity contribution in [1.29, 1.82) is 0 Å². The van der Waals surface area contributed by atoms with Gasteiger partial charge >= 0.3 is 0 Å². The molecule has 3 aliphatic heterocycles. The number of unbranched alkanes of at least 4 members (excludes halogenated alkanes) is 2. The molecule has 0 atom stereocenters. The van der Waals surface area contributed by atoms with Crippen molar-refractivity contribution in [3.05, 3.63) is 0 Å². The molecule has 3 aliphatic rings. The largest absolute Gasteiger partial charge is 0.378 e. The second-order valence-corrected chi connectivity index (χ2v) is 8.95. The highest BCUT2D eigenvalue weighted by Crippen LogP contribution is 2.10. The molecule has 8 nitrogen and oxygen atoms in total. The summed E-state index contributed by atoms with van der Waals surface area (Å²) in [5.74, 6) is 1.28. The van der Waals surface area contributed by atoms with E-state index in [4.69, 9.17) is 9.73 Å². The minimum absolute atomic E-state index is 0.238. The fourth-order valence-corrected chi connectivity index (χ4v) is 4.64. The summed E-state index contributed by atoms with van der Waals surface area (Å²) in [7, 11) is 0. The number of carbonyl (C=O) groups is 1. The number of amides is 1. The van der Waals surface area contributed by atoms with Gasteiger partial charge in [0.05, 0.1) is 19.8 Å². The Balaban J connectivity index is 1.32. The van der Waals surface area contributed by atoms with Gasteiger partial charge in [0.1, 0.15) is 0 Å². The van der Waals surface area contributed by atoms with E-state index in [2.05, 4.69) is 26.9 Å². The van der Waals surface area contributed by atoms with E-state index in [9.17, 15) is 4.79 Å². The Kier molecular flexibility index (Phi) is 10.9. The quantitative estimate of drug-likeness (QED) is 0.332. The van der Waals surface area contributed by atoms with Gasteiger partial charge in [0.25, 0.3) is 0 Å². The lowest BCUT2D eigenvalue weighted by atomic mass is 10.1. The van der Waals surface area contributed by atoms with Gasteiger partial charge in [0.15, 0.2) is 5.96 Å². The molecule has 1 amide bonds. The van der Waals surface area contributed by atoms with Crippen LogP contribution in [0.4, 0.5) is 0 Å². The highest BCUT2D eigenvalue weighted by Gasteiger charge is 2.24. The van der Waals surface area contributed by atoms with Crippen molar-refractivity contribution in [3.8, 4) is 0 Å². The fraction of sp³-hybridized carbons (Fsp3) is 0.913. The Hall–Kier alpha value is -1.38. The fourth-order valence-electron chi connectivity index (χ4n) is 4.64. The summed E-state index contributed by atoms with van der Waals surface area (Å²) < 4.78 is 5.35. The van der Waals surface area contributed by atoms with E-state index in [-0.39, 0.29) is 5.91 Å². The molecule has 0 aromatic rings. The third kappa shape index (κ3) is 8.58. The molecule has 0 saturated carbocycles. The van der Waals surface area contributed by atoms with Crippen LogP contribution in [0.5, 0.6) is 0 Å². The zero-order valence-corrected chi connectivity index (χ0v) is 19.7. The van der Waals surface area contributed by atoms with Gasteiger partial charge in [-0.3, -0.25) is 14.7 Å². The first-order valence-corrected chi connectivity index (χ1v) is 12.6. The van der Waals surface area contributed by atoms with Crippen LogP contribution >= 0.6 is 0 Å². The van der Waals surface area contributed by atoms with Crippen LogP contribution in [0.2, 0.25) is 0 Å². The monoisotopic (exact) mass is 436 g/mol. The number of morpholine rings is 1. The standard InChI is InChI=1S/C23H44N6O2/c1-2-24-23(25-9-5-3-6-10-26-11-7-4-8-12-26)29-15-13-27(14-16-29)21-22(30)28-17-19-31-20-18-28/h2-21H2,1H3,(H,24,25). The Morgan fingerprint density at radius 2 is 1.58 bits per heavy atom. The van der Waals surface area contributed by atoms with Gasteiger partial charge in [-0.15, -0.1) is 0 Å². The zero-order valence-electron chi connectivity index (χ0n) is 19.7. The number of ether oxygens (including phenoxy) is 1. The van der Waals surface area contributed by atoms with E-state index in [1.54, 1.807) is 0 Å². The van der Waals surface area contributed by atoms with Crippen molar-refractivity contribution in [3.63, 3.8) is 0 Å². The minimum Gasteiger partial charge on any atom is -0.378 e. The molecule has 0 aromatic heterocycles. The number of aliphatic imine (C=N–C) groups is 1. The molecule has 0 aromatic carbocycles. The number of nitrogens with one attached hydrogen (secondary N) is 1. The number of hydrogen-bond acceptors (Lipinski definition) is 5. The van der Waals surface area contributed by atoms with E-state index in [1.807, 2.05) is 4.90 Å². The molecular weight excluding hydrogens is 392 g/mol. The molecule has 31 heavy (non-hydrogen) atoms. The zero-order chi connectivity index (χ0) is 21.7. The van der Waals surface area contributed by atoms with Gasteiger partial charge in [-0.05, 0) is 52.2 Å². The van der Waals surface area contributed by atoms with E-state index in [1.165, 1.54) is 51.7 Å². The lowest BCUT2D eigenvalue weighted by Gasteiger charge is -2.37. The van der Waals surface area contributed by atoms with Crippen LogP contribution in [0.1, 0.15) is 45.4 Å². The molecule has 178 valence electrons. The molecule has 8 heteroatoms. The lowest BCUT2D eigenvalue weighted by molar-refractivity contribution is -0.136. The van der Waals surface area contributed by atoms with E-state index >= 15 is 0 Å². The maximum atomic E-state index is 12.5. The van der Waals surface area contributed by atoms with Crippen molar-refractivity contribution >= 4 is 11.9 Å². The number of piperidine rings is 1. The second kappa shape index (κ2) is 13.9. The Morgan fingerprint density at radius 3 is 2.29 bits per heavy atom. The average molecular weight is 437 g/mol. The van der Waals surface area contributed by atoms with Crippen molar-refractivity contribution in [2.24, 2.45) is 4.99 Å². The summed E-state index contributed by atoms with van der Waals surface area (Å²) in [5.41, 5.74) is 0. The summed E-state index contributed by atoms with van der Waals surface area (Å²) in [6, 6.07) is 0. The predicted molar refractivity (Wildman–Crippen MR) is 126 cm³/mol. The predicted octanol–water partition coefficient (Wildman–Crippen LogP) is 1.08. The first-order valence-electron chi connectivity index (χ1n) is 12.6. The van der Waals surface area contributed by atoms with Crippen molar-refractivity contribution < 1.29 is 9.53 Å². The maximum Gasteiger partial charge on any atom is 0.236 e. The number of guanidine groups is 1. The molecule has 3 heterocycles. The Labute approximate surface area is 189 Å². The van der Waals surface area contributed by atoms with Gasteiger partial charge in [-0.1, -0.05) is 12.8 Å². The van der Waals surface area contributed by atoms with E-state index in [0.29, 0.717) is 19.8 Å². The van der Waals surface area contributed by atoms with Gasteiger partial charge < -0.3 is 24.8 Å². The highest BCUT2D eigenvalue weighted by atomic mass is 16.5. The van der Waals surface area contributed by atoms with Gasteiger partial charge in [0.2, 0.25) is 5.91 Å². The molecule has 3 fully saturated rings. The molecular formula is C23H44N6O2. The number of rotatable bonds is 9. The molecule has 0 aliphatic carbocycles. The third-order valence-electron chi connectivity index (χ3n) is 6.57. The summed E-state index contributed by atoms with van der Waals surface area (Å²) in [6.45, 7) is 14.8. The van der Waals surface area contributed by atoms with Crippen molar-refractivity contribution in [2.45, 2.75) is 45.4 Å². The molecule has 0 bridgehead atoms. The van der Waals surface area contributed by atoms with Gasteiger partial charge in [0, 0.05) is 52.4 Å². The van der Waals surface area contributed by atoms with Gasteiger partial charge in [-0.25, -0.2) is 0 Å². The molecule has 0 spiro atoms. The molecule has 1 N–H and O–H groups in total. The van der Waals surface area contributed by atoms with E-state index in [0.717, 1.165) is 64.7 Å². The summed E-state index contributed by atoms with van der Waals surface area (Å²) >= 11 is 0. The molecule has 3 saturated heterocycles. The first-order chi connectivity index (χ1) is 15.3. The summed E-state index contributed by atoms with van der Waals surface area (Å²) in [4.78, 5) is 26.6. The van der Waals surface area contributed by atoms with Crippen LogP contribution in [0.3, 0.4) is 0 Å². The Bertz CT molecular complexity index is 538.